The summed E-state index contributed by atoms with van der Waals surface area (Å²) in [4.78, 5) is 18.8. The minimum atomic E-state index is -0.789. The SMILES string of the molecule is C[C@@H](O)C1=CC2=NC=CC3c4ccccc4N(C1=O)C23. The lowest BCUT2D eigenvalue weighted by Crippen LogP contribution is -2.49. The molecule has 4 heteroatoms. The number of rotatable bonds is 1. The largest absolute Gasteiger partial charge is 0.388 e. The maximum atomic E-state index is 12.7. The predicted octanol–water partition coefficient (Wildman–Crippen LogP) is 1.77. The Morgan fingerprint density at radius 2 is 2.15 bits per heavy atom. The molecule has 0 radical (unpaired) electrons. The topological polar surface area (TPSA) is 52.9 Å². The molecular weight excluding hydrogens is 252 g/mol. The van der Waals surface area contributed by atoms with Gasteiger partial charge in [0.15, 0.2) is 0 Å². The van der Waals surface area contributed by atoms with Crippen LogP contribution in [-0.4, -0.2) is 28.9 Å². The third-order valence-electron chi connectivity index (χ3n) is 4.21. The van der Waals surface area contributed by atoms with Gasteiger partial charge in [-0.2, -0.15) is 0 Å². The van der Waals surface area contributed by atoms with Gasteiger partial charge in [-0.25, -0.2) is 0 Å². The van der Waals surface area contributed by atoms with E-state index in [4.69, 9.17) is 0 Å². The number of fused-ring (bicyclic) bond motifs is 3. The first-order valence-electron chi connectivity index (χ1n) is 6.75. The molecule has 3 aliphatic heterocycles. The Bertz CT molecular complexity index is 700. The van der Waals surface area contributed by atoms with E-state index < -0.39 is 6.10 Å². The van der Waals surface area contributed by atoms with Gasteiger partial charge in [0, 0.05) is 23.4 Å². The zero-order valence-corrected chi connectivity index (χ0v) is 11.0. The van der Waals surface area contributed by atoms with Gasteiger partial charge in [-0.05, 0) is 24.6 Å². The maximum Gasteiger partial charge on any atom is 0.257 e. The summed E-state index contributed by atoms with van der Waals surface area (Å²) in [7, 11) is 0. The van der Waals surface area contributed by atoms with Gasteiger partial charge in [0.2, 0.25) is 0 Å². The second kappa shape index (κ2) is 3.90. The van der Waals surface area contributed by atoms with Crippen LogP contribution < -0.4 is 4.90 Å². The predicted molar refractivity (Wildman–Crippen MR) is 76.8 cm³/mol. The number of amides is 1. The van der Waals surface area contributed by atoms with E-state index in [2.05, 4.69) is 11.1 Å². The van der Waals surface area contributed by atoms with Gasteiger partial charge < -0.3 is 5.11 Å². The smallest absolute Gasteiger partial charge is 0.257 e. The van der Waals surface area contributed by atoms with Crippen LogP contribution in [0.5, 0.6) is 0 Å². The summed E-state index contributed by atoms with van der Waals surface area (Å²) in [6.07, 6.45) is 4.80. The number of carbonyl (C=O) groups is 1. The summed E-state index contributed by atoms with van der Waals surface area (Å²) in [6.45, 7) is 1.61. The minimum absolute atomic E-state index is 0.0626. The zero-order valence-electron chi connectivity index (χ0n) is 11.0. The molecule has 1 aromatic rings. The van der Waals surface area contributed by atoms with Crippen LogP contribution in [0.3, 0.4) is 0 Å². The molecule has 0 aromatic heterocycles. The molecule has 0 saturated carbocycles. The van der Waals surface area contributed by atoms with Crippen LogP contribution in [0.2, 0.25) is 0 Å². The van der Waals surface area contributed by atoms with Crippen LogP contribution in [0.4, 0.5) is 5.69 Å². The molecule has 1 amide bonds. The number of carbonyl (C=O) groups excluding carboxylic acids is 1. The minimum Gasteiger partial charge on any atom is -0.388 e. The van der Waals surface area contributed by atoms with Crippen LogP contribution in [-0.2, 0) is 4.79 Å². The van der Waals surface area contributed by atoms with Gasteiger partial charge >= 0.3 is 0 Å². The van der Waals surface area contributed by atoms with Crippen molar-refractivity contribution in [3.05, 3.63) is 53.8 Å². The van der Waals surface area contributed by atoms with E-state index in [0.717, 1.165) is 17.0 Å². The van der Waals surface area contributed by atoms with Crippen molar-refractivity contribution in [2.75, 3.05) is 4.90 Å². The second-order valence-electron chi connectivity index (χ2n) is 5.38. The van der Waals surface area contributed by atoms with Gasteiger partial charge in [-0.15, -0.1) is 0 Å². The lowest BCUT2D eigenvalue weighted by Gasteiger charge is -2.34. The van der Waals surface area contributed by atoms with Crippen molar-refractivity contribution >= 4 is 17.3 Å². The Labute approximate surface area is 116 Å². The molecule has 3 aliphatic rings. The number of aliphatic imine (C=N–C) groups is 1. The average molecular weight is 266 g/mol. The van der Waals surface area contributed by atoms with E-state index in [1.54, 1.807) is 24.1 Å². The molecule has 0 aliphatic carbocycles. The van der Waals surface area contributed by atoms with E-state index in [9.17, 15) is 9.90 Å². The highest BCUT2D eigenvalue weighted by molar-refractivity contribution is 6.22. The number of aliphatic hydroxyl groups is 1. The summed E-state index contributed by atoms with van der Waals surface area (Å²) >= 11 is 0. The molecule has 100 valence electrons. The first-order chi connectivity index (χ1) is 9.68. The number of anilines is 1. The molecule has 1 N–H and O–H groups in total. The Morgan fingerprint density at radius 3 is 2.95 bits per heavy atom. The molecule has 0 spiro atoms. The Kier molecular flexibility index (Phi) is 2.26. The summed E-state index contributed by atoms with van der Waals surface area (Å²) < 4.78 is 0. The number of benzene rings is 1. The van der Waals surface area contributed by atoms with E-state index in [0.29, 0.717) is 5.57 Å². The standard InChI is InChI=1S/C16H14N2O2/c1-9(19)12-8-13-15-11(6-7-17-13)10-4-2-3-5-14(10)18(15)16(12)20/h2-9,11,15,19H,1H3/t9-,11?,15?/m1/s1. The van der Waals surface area contributed by atoms with Crippen molar-refractivity contribution in [3.8, 4) is 0 Å². The van der Waals surface area contributed by atoms with Crippen molar-refractivity contribution in [1.82, 2.24) is 0 Å². The van der Waals surface area contributed by atoms with Crippen molar-refractivity contribution in [2.45, 2.75) is 25.0 Å². The van der Waals surface area contributed by atoms with Crippen LogP contribution in [0.25, 0.3) is 0 Å². The zero-order chi connectivity index (χ0) is 13.9. The van der Waals surface area contributed by atoms with Crippen LogP contribution >= 0.6 is 0 Å². The van der Waals surface area contributed by atoms with Gasteiger partial charge in [0.25, 0.3) is 5.91 Å². The molecule has 4 nitrogen and oxygen atoms in total. The monoisotopic (exact) mass is 266 g/mol. The lowest BCUT2D eigenvalue weighted by atomic mass is 9.87. The van der Waals surface area contributed by atoms with Crippen LogP contribution in [0, 0.1) is 0 Å². The number of hydrogen-bond acceptors (Lipinski definition) is 3. The molecule has 3 heterocycles. The fourth-order valence-corrected chi connectivity index (χ4v) is 3.31. The number of nitrogens with zero attached hydrogens (tertiary/aromatic N) is 2. The molecule has 0 bridgehead atoms. The fraction of sp³-hybridized carbons (Fsp3) is 0.250. The van der Waals surface area contributed by atoms with E-state index in [1.807, 2.05) is 24.3 Å². The Hall–Kier alpha value is -2.20. The van der Waals surface area contributed by atoms with E-state index >= 15 is 0 Å². The highest BCUT2D eigenvalue weighted by Crippen LogP contribution is 2.46. The van der Waals surface area contributed by atoms with Crippen molar-refractivity contribution < 1.29 is 9.90 Å². The Balaban J connectivity index is 1.96. The molecule has 4 rings (SSSR count). The average Bonchev–Trinajstić information content (AvgIpc) is 2.79. The highest BCUT2D eigenvalue weighted by atomic mass is 16.3. The van der Waals surface area contributed by atoms with Crippen LogP contribution in [0.15, 0.2) is 53.2 Å². The van der Waals surface area contributed by atoms with Gasteiger partial charge in [-0.3, -0.25) is 14.7 Å². The number of para-hydroxylation sites is 1. The van der Waals surface area contributed by atoms with Gasteiger partial charge in [-0.1, -0.05) is 24.3 Å². The fourth-order valence-electron chi connectivity index (χ4n) is 3.31. The first kappa shape index (κ1) is 11.6. The molecule has 20 heavy (non-hydrogen) atoms. The number of hydrogen-bond donors (Lipinski definition) is 1. The lowest BCUT2D eigenvalue weighted by molar-refractivity contribution is -0.116. The maximum absolute atomic E-state index is 12.7. The molecule has 0 saturated heterocycles. The number of aliphatic hydroxyl groups excluding tert-OH is 1. The third kappa shape index (κ3) is 1.34. The van der Waals surface area contributed by atoms with Crippen molar-refractivity contribution in [1.29, 1.82) is 0 Å². The third-order valence-corrected chi connectivity index (χ3v) is 4.21. The highest BCUT2D eigenvalue weighted by Gasteiger charge is 2.47. The van der Waals surface area contributed by atoms with E-state index in [1.165, 1.54) is 0 Å². The van der Waals surface area contributed by atoms with Gasteiger partial charge in [0.05, 0.1) is 17.9 Å². The summed E-state index contributed by atoms with van der Waals surface area (Å²) in [6, 6.07) is 7.88. The second-order valence-corrected chi connectivity index (χ2v) is 5.38. The molecule has 3 atom stereocenters. The quantitative estimate of drug-likeness (QED) is 0.842. The van der Waals surface area contributed by atoms with Crippen LogP contribution in [0.1, 0.15) is 18.4 Å². The first-order valence-corrected chi connectivity index (χ1v) is 6.75. The molecular formula is C16H14N2O2. The van der Waals surface area contributed by atoms with E-state index in [-0.39, 0.29) is 17.9 Å². The van der Waals surface area contributed by atoms with Gasteiger partial charge in [0.1, 0.15) is 0 Å². The molecule has 1 aromatic carbocycles. The van der Waals surface area contributed by atoms with Crippen molar-refractivity contribution in [2.24, 2.45) is 4.99 Å². The molecule has 2 unspecified atom stereocenters. The van der Waals surface area contributed by atoms with Crippen molar-refractivity contribution in [3.63, 3.8) is 0 Å². The summed E-state index contributed by atoms with van der Waals surface area (Å²) in [5, 5.41) is 9.82. The Morgan fingerprint density at radius 1 is 1.35 bits per heavy atom. The normalized spacial score (nSPS) is 27.7. The summed E-state index contributed by atoms with van der Waals surface area (Å²) in [5.41, 5.74) is 3.34. The summed E-state index contributed by atoms with van der Waals surface area (Å²) in [5.74, 6) is 0.0450. The molecule has 0 fully saturated rings.